The van der Waals surface area contributed by atoms with E-state index in [9.17, 15) is 14.0 Å². The summed E-state index contributed by atoms with van der Waals surface area (Å²) in [6, 6.07) is 3.90. The van der Waals surface area contributed by atoms with E-state index in [-0.39, 0.29) is 23.7 Å². The summed E-state index contributed by atoms with van der Waals surface area (Å²) < 4.78 is 14.0. The van der Waals surface area contributed by atoms with Crippen molar-refractivity contribution in [3.8, 4) is 0 Å². The van der Waals surface area contributed by atoms with Crippen LogP contribution in [0.3, 0.4) is 0 Å². The van der Waals surface area contributed by atoms with Crippen LogP contribution in [0.4, 0.5) is 4.39 Å². The Morgan fingerprint density at radius 3 is 3.05 bits per heavy atom. The first kappa shape index (κ1) is 13.3. The number of carbonyl (C=O) groups is 2. The summed E-state index contributed by atoms with van der Waals surface area (Å²) in [5.74, 6) is -0.474. The lowest BCUT2D eigenvalue weighted by Gasteiger charge is -2.34. The SMILES string of the molecule is O=C1N[C@@H](Cc2c[nH]c3cccc(F)c23)C(=O)N2CCC[C@@H]12. The molecule has 0 saturated carbocycles. The van der Waals surface area contributed by atoms with Gasteiger partial charge in [-0.25, -0.2) is 4.39 Å². The molecule has 0 bridgehead atoms. The molecule has 6 heteroatoms. The van der Waals surface area contributed by atoms with Crippen molar-refractivity contribution in [2.75, 3.05) is 6.54 Å². The molecule has 2 aliphatic heterocycles. The van der Waals surface area contributed by atoms with E-state index in [1.807, 2.05) is 0 Å². The zero-order valence-corrected chi connectivity index (χ0v) is 11.9. The average Bonchev–Trinajstić information content (AvgIpc) is 3.12. The Labute approximate surface area is 126 Å². The second-order valence-electron chi connectivity index (χ2n) is 5.93. The van der Waals surface area contributed by atoms with Gasteiger partial charge >= 0.3 is 0 Å². The molecule has 0 unspecified atom stereocenters. The van der Waals surface area contributed by atoms with Crippen molar-refractivity contribution in [3.63, 3.8) is 0 Å². The standard InChI is InChI=1S/C16H16FN3O2/c17-10-3-1-4-11-14(10)9(8-18-11)7-12-16(22)20-6-2-5-13(20)15(21)19-12/h1,3-4,8,12-13,18H,2,5-7H2,(H,19,21)/t12-,13-/m0/s1. The number of aromatic amines is 1. The number of H-pyrrole nitrogens is 1. The second kappa shape index (κ2) is 4.83. The summed E-state index contributed by atoms with van der Waals surface area (Å²) >= 11 is 0. The van der Waals surface area contributed by atoms with E-state index in [1.54, 1.807) is 23.2 Å². The highest BCUT2D eigenvalue weighted by Crippen LogP contribution is 2.26. The first-order valence-corrected chi connectivity index (χ1v) is 7.50. The summed E-state index contributed by atoms with van der Waals surface area (Å²) in [4.78, 5) is 29.3. The van der Waals surface area contributed by atoms with Crippen LogP contribution in [0.1, 0.15) is 18.4 Å². The van der Waals surface area contributed by atoms with Crippen LogP contribution < -0.4 is 5.32 Å². The number of halogens is 1. The van der Waals surface area contributed by atoms with Gasteiger partial charge in [-0.2, -0.15) is 0 Å². The van der Waals surface area contributed by atoms with E-state index in [2.05, 4.69) is 10.3 Å². The van der Waals surface area contributed by atoms with Gasteiger partial charge in [-0.3, -0.25) is 9.59 Å². The van der Waals surface area contributed by atoms with E-state index in [0.717, 1.165) is 12.8 Å². The topological polar surface area (TPSA) is 65.2 Å². The zero-order chi connectivity index (χ0) is 15.3. The molecule has 22 heavy (non-hydrogen) atoms. The number of nitrogens with one attached hydrogen (secondary N) is 2. The molecule has 2 atom stereocenters. The van der Waals surface area contributed by atoms with Crippen molar-refractivity contribution < 1.29 is 14.0 Å². The van der Waals surface area contributed by atoms with Gasteiger partial charge < -0.3 is 15.2 Å². The summed E-state index contributed by atoms with van der Waals surface area (Å²) in [6.45, 7) is 0.635. The highest BCUT2D eigenvalue weighted by molar-refractivity contribution is 5.98. The van der Waals surface area contributed by atoms with E-state index in [4.69, 9.17) is 0 Å². The molecule has 2 aromatic rings. The number of piperazine rings is 1. The smallest absolute Gasteiger partial charge is 0.246 e. The Morgan fingerprint density at radius 2 is 2.18 bits per heavy atom. The lowest BCUT2D eigenvalue weighted by atomic mass is 10.0. The van der Waals surface area contributed by atoms with Crippen LogP contribution in [0.15, 0.2) is 24.4 Å². The average molecular weight is 301 g/mol. The summed E-state index contributed by atoms with van der Waals surface area (Å²) in [7, 11) is 0. The van der Waals surface area contributed by atoms with E-state index >= 15 is 0 Å². The van der Waals surface area contributed by atoms with Gasteiger partial charge in [0.25, 0.3) is 0 Å². The quantitative estimate of drug-likeness (QED) is 0.879. The van der Waals surface area contributed by atoms with Gasteiger partial charge in [-0.05, 0) is 30.5 Å². The minimum Gasteiger partial charge on any atom is -0.361 e. The predicted molar refractivity (Wildman–Crippen MR) is 78.6 cm³/mol. The van der Waals surface area contributed by atoms with Gasteiger partial charge in [0.2, 0.25) is 11.8 Å². The van der Waals surface area contributed by atoms with Gasteiger partial charge in [-0.1, -0.05) is 6.07 Å². The van der Waals surface area contributed by atoms with Gasteiger partial charge in [0.15, 0.2) is 0 Å². The second-order valence-corrected chi connectivity index (χ2v) is 5.93. The third kappa shape index (κ3) is 1.90. The zero-order valence-electron chi connectivity index (χ0n) is 11.9. The van der Waals surface area contributed by atoms with Crippen LogP contribution in [0.2, 0.25) is 0 Å². The summed E-state index contributed by atoms with van der Waals surface area (Å²) in [5.41, 5.74) is 1.41. The Hall–Kier alpha value is -2.37. The molecule has 0 aliphatic carbocycles. The first-order chi connectivity index (χ1) is 10.6. The van der Waals surface area contributed by atoms with E-state index < -0.39 is 6.04 Å². The fourth-order valence-corrected chi connectivity index (χ4v) is 3.56. The maximum Gasteiger partial charge on any atom is 0.246 e. The fourth-order valence-electron chi connectivity index (χ4n) is 3.56. The molecule has 2 saturated heterocycles. The van der Waals surface area contributed by atoms with Crippen molar-refractivity contribution in [1.82, 2.24) is 15.2 Å². The van der Waals surface area contributed by atoms with Crippen LogP contribution in [-0.2, 0) is 16.0 Å². The minimum atomic E-state index is -0.611. The molecule has 2 fully saturated rings. The predicted octanol–water partition coefficient (Wildman–Crippen LogP) is 1.34. The van der Waals surface area contributed by atoms with E-state index in [0.29, 0.717) is 29.4 Å². The van der Waals surface area contributed by atoms with Gasteiger partial charge in [0.05, 0.1) is 0 Å². The lowest BCUT2D eigenvalue weighted by Crippen LogP contribution is -2.61. The summed E-state index contributed by atoms with van der Waals surface area (Å²) in [6.07, 6.45) is 3.60. The Bertz CT molecular complexity index is 770. The van der Waals surface area contributed by atoms with Crippen molar-refractivity contribution in [2.24, 2.45) is 0 Å². The molecular weight excluding hydrogens is 285 g/mol. The number of amides is 2. The molecule has 5 nitrogen and oxygen atoms in total. The number of aromatic nitrogens is 1. The Kier molecular flexibility index (Phi) is 2.92. The third-order valence-corrected chi connectivity index (χ3v) is 4.61. The van der Waals surface area contributed by atoms with Gasteiger partial charge in [-0.15, -0.1) is 0 Å². The molecule has 1 aromatic heterocycles. The summed E-state index contributed by atoms with van der Waals surface area (Å²) in [5, 5.41) is 3.29. The number of nitrogens with zero attached hydrogens (tertiary/aromatic N) is 1. The normalized spacial score (nSPS) is 24.7. The van der Waals surface area contributed by atoms with E-state index in [1.165, 1.54) is 6.07 Å². The van der Waals surface area contributed by atoms with Crippen molar-refractivity contribution in [2.45, 2.75) is 31.3 Å². The molecule has 0 radical (unpaired) electrons. The van der Waals surface area contributed by atoms with Gasteiger partial charge in [0.1, 0.15) is 17.9 Å². The maximum absolute atomic E-state index is 14.0. The number of carbonyl (C=O) groups excluding carboxylic acids is 2. The third-order valence-electron chi connectivity index (χ3n) is 4.61. The molecular formula is C16H16FN3O2. The molecule has 2 amide bonds. The highest BCUT2D eigenvalue weighted by atomic mass is 19.1. The minimum absolute atomic E-state index is 0.0622. The number of fused-ring (bicyclic) bond motifs is 2. The largest absolute Gasteiger partial charge is 0.361 e. The molecule has 2 aliphatic rings. The molecule has 3 heterocycles. The number of hydrogen-bond acceptors (Lipinski definition) is 2. The molecule has 2 N–H and O–H groups in total. The van der Waals surface area contributed by atoms with Gasteiger partial charge in [0, 0.05) is 30.1 Å². The first-order valence-electron chi connectivity index (χ1n) is 7.50. The monoisotopic (exact) mass is 301 g/mol. The Balaban J connectivity index is 1.65. The van der Waals surface area contributed by atoms with Crippen molar-refractivity contribution in [1.29, 1.82) is 0 Å². The Morgan fingerprint density at radius 1 is 1.32 bits per heavy atom. The van der Waals surface area contributed by atoms with Crippen LogP contribution >= 0.6 is 0 Å². The van der Waals surface area contributed by atoms with Crippen molar-refractivity contribution in [3.05, 3.63) is 35.8 Å². The molecule has 4 rings (SSSR count). The lowest BCUT2D eigenvalue weighted by molar-refractivity contribution is -0.146. The molecule has 1 aromatic carbocycles. The highest BCUT2D eigenvalue weighted by Gasteiger charge is 2.42. The molecule has 114 valence electrons. The number of benzene rings is 1. The van der Waals surface area contributed by atoms with Crippen LogP contribution in [0, 0.1) is 5.82 Å². The number of rotatable bonds is 2. The van der Waals surface area contributed by atoms with Crippen LogP contribution in [0.5, 0.6) is 0 Å². The van der Waals surface area contributed by atoms with Crippen molar-refractivity contribution >= 4 is 22.7 Å². The fraction of sp³-hybridized carbons (Fsp3) is 0.375. The van der Waals surface area contributed by atoms with Crippen LogP contribution in [0.25, 0.3) is 10.9 Å². The maximum atomic E-state index is 14.0. The molecule has 0 spiro atoms. The van der Waals surface area contributed by atoms with Crippen LogP contribution in [-0.4, -0.2) is 40.3 Å². The number of hydrogen-bond donors (Lipinski definition) is 2.